The first kappa shape index (κ1) is 33.2. The smallest absolute Gasteiger partial charge is 0.322 e. The summed E-state index contributed by atoms with van der Waals surface area (Å²) in [4.78, 5) is 34.1. The summed E-state index contributed by atoms with van der Waals surface area (Å²) in [5, 5.41) is 2.92. The fourth-order valence-corrected chi connectivity index (χ4v) is 7.31. The maximum Gasteiger partial charge on any atom is 0.322 e. The van der Waals surface area contributed by atoms with Gasteiger partial charge < -0.3 is 30.3 Å². The molecule has 15 heteroatoms. The van der Waals surface area contributed by atoms with Crippen LogP contribution in [0.4, 0.5) is 31.8 Å². The van der Waals surface area contributed by atoms with Gasteiger partial charge in [-0.05, 0) is 75.1 Å². The topological polar surface area (TPSA) is 156 Å². The number of ether oxygens (including phenoxy) is 2. The van der Waals surface area contributed by atoms with Crippen molar-refractivity contribution >= 4 is 44.9 Å². The Morgan fingerprint density at radius 2 is 1.77 bits per heavy atom. The van der Waals surface area contributed by atoms with E-state index in [1.807, 2.05) is 0 Å². The Kier molecular flexibility index (Phi) is 9.22. The molecule has 0 radical (unpaired) electrons. The van der Waals surface area contributed by atoms with Crippen LogP contribution in [-0.4, -0.2) is 82.4 Å². The summed E-state index contributed by atoms with van der Waals surface area (Å²) in [6.07, 6.45) is 5.30. The number of sulfonamides is 1. The molecule has 1 amide bonds. The van der Waals surface area contributed by atoms with Gasteiger partial charge in [0.2, 0.25) is 10.0 Å². The number of alkyl halides is 2. The van der Waals surface area contributed by atoms with Gasteiger partial charge in [0.25, 0.3) is 11.8 Å². The zero-order valence-corrected chi connectivity index (χ0v) is 27.3. The Hall–Kier alpha value is -3.72. The molecule has 4 N–H and O–H groups in total. The van der Waals surface area contributed by atoms with Crippen LogP contribution in [0.5, 0.6) is 5.75 Å². The molecule has 12 nitrogen and oxygen atoms in total. The molecule has 1 aromatic carbocycles. The van der Waals surface area contributed by atoms with Crippen LogP contribution in [0.2, 0.25) is 0 Å². The lowest BCUT2D eigenvalue weighted by Crippen LogP contribution is -2.40. The number of anilines is 4. The van der Waals surface area contributed by atoms with Crippen molar-refractivity contribution in [3.05, 3.63) is 35.4 Å². The largest absolute Gasteiger partial charge is 0.489 e. The summed E-state index contributed by atoms with van der Waals surface area (Å²) in [5.41, 5.74) is 7.91. The summed E-state index contributed by atoms with van der Waals surface area (Å²) in [5.74, 6) is -2.98. The minimum atomic E-state index is -3.89. The second-order valence-corrected chi connectivity index (χ2v) is 15.0. The Balaban J connectivity index is 1.24. The highest BCUT2D eigenvalue weighted by Gasteiger charge is 2.45. The summed E-state index contributed by atoms with van der Waals surface area (Å²) in [6, 6.07) is 5.66. The molecule has 4 heterocycles. The van der Waals surface area contributed by atoms with Gasteiger partial charge in [0, 0.05) is 44.6 Å². The van der Waals surface area contributed by atoms with E-state index in [2.05, 4.69) is 19.9 Å². The summed E-state index contributed by atoms with van der Waals surface area (Å²) >= 11 is 0. The van der Waals surface area contributed by atoms with Gasteiger partial charge in [-0.3, -0.25) is 14.3 Å². The molecule has 3 aliphatic heterocycles. The third-order valence-corrected chi connectivity index (χ3v) is 10.8. The highest BCUT2D eigenvalue weighted by molar-refractivity contribution is 7.92. The Bertz CT molecular complexity index is 1610. The monoisotopic (exact) mass is 676 g/mol. The SMILES string of the molecule is CC(N)C(=O)OCCS(=O)(=O)Nc1ccc(C(=O)Nc2cc3c(c(N4CCC(F)(F)CC4)n2)OCCC3)c(N2CCC3(CC2)CC3)c1. The number of halogens is 2. The van der Waals surface area contributed by atoms with E-state index in [1.165, 1.54) is 25.8 Å². The van der Waals surface area contributed by atoms with Crippen molar-refractivity contribution in [3.63, 3.8) is 0 Å². The first-order chi connectivity index (χ1) is 22.3. The fraction of sp³-hybridized carbons (Fsp3) is 0.594. The normalized spacial score (nSPS) is 20.5. The van der Waals surface area contributed by atoms with Gasteiger partial charge >= 0.3 is 5.97 Å². The van der Waals surface area contributed by atoms with Crippen molar-refractivity contribution in [2.24, 2.45) is 11.1 Å². The van der Waals surface area contributed by atoms with Gasteiger partial charge in [-0.25, -0.2) is 22.2 Å². The number of fused-ring (bicyclic) bond motifs is 1. The van der Waals surface area contributed by atoms with E-state index in [4.69, 9.17) is 15.2 Å². The summed E-state index contributed by atoms with van der Waals surface area (Å²) in [7, 11) is -3.89. The zero-order valence-electron chi connectivity index (χ0n) is 26.5. The number of hydrogen-bond donors (Lipinski definition) is 3. The molecule has 47 heavy (non-hydrogen) atoms. The molecule has 0 bridgehead atoms. The predicted octanol–water partition coefficient (Wildman–Crippen LogP) is 3.91. The summed E-state index contributed by atoms with van der Waals surface area (Å²) in [6.45, 7) is 3.31. The molecule has 256 valence electrons. The lowest BCUT2D eigenvalue weighted by Gasteiger charge is -2.35. The van der Waals surface area contributed by atoms with Gasteiger partial charge in [0.15, 0.2) is 11.6 Å². The van der Waals surface area contributed by atoms with Gasteiger partial charge in [0.05, 0.1) is 23.5 Å². The van der Waals surface area contributed by atoms with Gasteiger partial charge in [-0.1, -0.05) is 0 Å². The lowest BCUT2D eigenvalue weighted by molar-refractivity contribution is -0.144. The van der Waals surface area contributed by atoms with Crippen molar-refractivity contribution in [1.29, 1.82) is 0 Å². The Morgan fingerprint density at radius 3 is 2.45 bits per heavy atom. The third-order valence-electron chi connectivity index (χ3n) is 9.51. The van der Waals surface area contributed by atoms with E-state index in [1.54, 1.807) is 23.1 Å². The van der Waals surface area contributed by atoms with Gasteiger partial charge in [-0.15, -0.1) is 0 Å². The highest BCUT2D eigenvalue weighted by atomic mass is 32.2. The second kappa shape index (κ2) is 13.1. The van der Waals surface area contributed by atoms with Crippen LogP contribution in [0.3, 0.4) is 0 Å². The van der Waals surface area contributed by atoms with Crippen LogP contribution < -0.4 is 30.3 Å². The molecule has 3 fully saturated rings. The number of carbonyl (C=O) groups is 2. The van der Waals surface area contributed by atoms with Crippen molar-refractivity contribution in [2.45, 2.75) is 70.3 Å². The van der Waals surface area contributed by atoms with Crippen molar-refractivity contribution in [1.82, 2.24) is 4.98 Å². The first-order valence-corrected chi connectivity index (χ1v) is 17.9. The molecule has 1 aliphatic carbocycles. The zero-order chi connectivity index (χ0) is 33.4. The number of benzene rings is 1. The maximum absolute atomic E-state index is 13.9. The van der Waals surface area contributed by atoms with E-state index in [0.29, 0.717) is 47.1 Å². The van der Waals surface area contributed by atoms with E-state index >= 15 is 0 Å². The molecule has 1 aromatic heterocycles. The molecule has 6 rings (SSSR count). The number of aryl methyl sites for hydroxylation is 1. The number of nitrogens with two attached hydrogens (primary N) is 1. The molecular formula is C32H42F2N6O6S. The number of esters is 1. The van der Waals surface area contributed by atoms with E-state index in [-0.39, 0.29) is 38.2 Å². The number of nitrogens with one attached hydrogen (secondary N) is 2. The molecule has 2 saturated heterocycles. The Labute approximate surface area is 273 Å². The summed E-state index contributed by atoms with van der Waals surface area (Å²) < 4.78 is 66.9. The van der Waals surface area contributed by atoms with Gasteiger partial charge in [0.1, 0.15) is 24.2 Å². The molecule has 1 spiro atoms. The van der Waals surface area contributed by atoms with Crippen LogP contribution in [0.15, 0.2) is 24.3 Å². The van der Waals surface area contributed by atoms with E-state index < -0.39 is 39.6 Å². The van der Waals surface area contributed by atoms with Gasteiger partial charge in [-0.2, -0.15) is 0 Å². The second-order valence-electron chi connectivity index (χ2n) is 13.2. The first-order valence-electron chi connectivity index (χ1n) is 16.2. The standard InChI is InChI=1S/C32H42F2N6O6S/c1-21(35)30(42)46-17-18-47(43,44)38-23-4-5-24(25(20-23)39-12-8-31(6-7-31)9-13-39)29(41)37-26-19-22-3-2-16-45-27(22)28(36-26)40-14-10-32(33,34)11-15-40/h4-5,19-21,38H,2-3,6-18,35H2,1H3,(H,36,37,41). The molecule has 1 unspecified atom stereocenters. The maximum atomic E-state index is 13.9. The van der Waals surface area contributed by atoms with Crippen molar-refractivity contribution < 1.29 is 36.3 Å². The van der Waals surface area contributed by atoms with Crippen molar-refractivity contribution in [3.8, 4) is 5.75 Å². The van der Waals surface area contributed by atoms with Crippen LogP contribution in [0.25, 0.3) is 0 Å². The average Bonchev–Trinajstić information content (AvgIpc) is 3.79. The minimum absolute atomic E-state index is 0.125. The fourth-order valence-electron chi connectivity index (χ4n) is 6.42. The number of carbonyl (C=O) groups excluding carboxylic acids is 2. The van der Waals surface area contributed by atoms with Crippen LogP contribution in [-0.2, 0) is 26.0 Å². The Morgan fingerprint density at radius 1 is 1.06 bits per heavy atom. The number of pyridine rings is 1. The number of nitrogens with zero attached hydrogens (tertiary/aromatic N) is 3. The molecule has 2 aromatic rings. The quantitative estimate of drug-likeness (QED) is 0.316. The molecule has 1 atom stereocenters. The number of piperidine rings is 2. The third kappa shape index (κ3) is 7.88. The average molecular weight is 677 g/mol. The van der Waals surface area contributed by atoms with Crippen LogP contribution in [0.1, 0.15) is 67.8 Å². The number of aromatic nitrogens is 1. The number of amides is 1. The molecule has 4 aliphatic rings. The number of rotatable bonds is 10. The molecular weight excluding hydrogens is 634 g/mol. The van der Waals surface area contributed by atoms with Crippen LogP contribution >= 0.6 is 0 Å². The van der Waals surface area contributed by atoms with E-state index in [0.717, 1.165) is 37.9 Å². The van der Waals surface area contributed by atoms with Crippen LogP contribution in [0, 0.1) is 5.41 Å². The molecule has 1 saturated carbocycles. The number of hydrogen-bond acceptors (Lipinski definition) is 10. The van der Waals surface area contributed by atoms with Crippen molar-refractivity contribution in [2.75, 3.05) is 65.0 Å². The van der Waals surface area contributed by atoms with E-state index in [9.17, 15) is 26.8 Å². The minimum Gasteiger partial charge on any atom is -0.489 e. The highest BCUT2D eigenvalue weighted by Crippen LogP contribution is 2.54. The predicted molar refractivity (Wildman–Crippen MR) is 174 cm³/mol. The lowest BCUT2D eigenvalue weighted by atomic mass is 9.93.